The van der Waals surface area contributed by atoms with Crippen LogP contribution in [0.5, 0.6) is 0 Å². The fourth-order valence-electron chi connectivity index (χ4n) is 5.16. The molecule has 8 heteroatoms. The predicted octanol–water partition coefficient (Wildman–Crippen LogP) is 8.37. The van der Waals surface area contributed by atoms with Crippen LogP contribution in [0.1, 0.15) is 138 Å². The van der Waals surface area contributed by atoms with E-state index in [1.165, 1.54) is 51.4 Å². The fourth-order valence-corrected chi connectivity index (χ4v) is 6.69. The number of anilines is 1. The summed E-state index contributed by atoms with van der Waals surface area (Å²) in [6, 6.07) is 15.2. The smallest absolute Gasteiger partial charge is 0.247 e. The quantitative estimate of drug-likeness (QED) is 0.156. The van der Waals surface area contributed by atoms with Gasteiger partial charge >= 0.3 is 0 Å². The lowest BCUT2D eigenvalue weighted by molar-refractivity contribution is 0.470. The average molecular weight is 568 g/mol. The fraction of sp³-hybridized carbons (Fsp3) is 0.594. The van der Waals surface area contributed by atoms with Crippen molar-refractivity contribution < 1.29 is 8.42 Å². The highest BCUT2D eigenvalue weighted by Crippen LogP contribution is 2.36. The van der Waals surface area contributed by atoms with Gasteiger partial charge in [-0.1, -0.05) is 141 Å². The SMILES string of the molecule is CCCCCCCCCCCCn1nnc(C(c2ccccc2)S(=O)(=O)Nc2c(C(C)C)cccc2C(C)C)n1. The summed E-state index contributed by atoms with van der Waals surface area (Å²) in [6.07, 6.45) is 12.5. The summed E-state index contributed by atoms with van der Waals surface area (Å²) in [7, 11) is -3.95. The first-order valence-corrected chi connectivity index (χ1v) is 16.8. The second kappa shape index (κ2) is 15.9. The Hall–Kier alpha value is -2.74. The maximum atomic E-state index is 14.1. The molecule has 7 nitrogen and oxygen atoms in total. The Balaban J connectivity index is 1.73. The maximum absolute atomic E-state index is 14.1. The minimum Gasteiger partial charge on any atom is -0.282 e. The second-order valence-corrected chi connectivity index (χ2v) is 13.2. The Labute approximate surface area is 242 Å². The van der Waals surface area contributed by atoms with Crippen molar-refractivity contribution in [1.82, 2.24) is 20.2 Å². The van der Waals surface area contributed by atoms with Crippen LogP contribution in [-0.4, -0.2) is 28.6 Å². The van der Waals surface area contributed by atoms with Crippen LogP contribution in [0.2, 0.25) is 0 Å². The lowest BCUT2D eigenvalue weighted by Crippen LogP contribution is -2.25. The number of hydrogen-bond donors (Lipinski definition) is 1. The number of hydrogen-bond acceptors (Lipinski definition) is 5. The van der Waals surface area contributed by atoms with E-state index < -0.39 is 15.3 Å². The van der Waals surface area contributed by atoms with E-state index >= 15 is 0 Å². The number of benzene rings is 2. The van der Waals surface area contributed by atoms with E-state index in [4.69, 9.17) is 0 Å². The summed E-state index contributed by atoms with van der Waals surface area (Å²) in [5.74, 6) is 0.511. The zero-order chi connectivity index (χ0) is 29.0. The number of nitrogens with zero attached hydrogens (tertiary/aromatic N) is 4. The summed E-state index contributed by atoms with van der Waals surface area (Å²) >= 11 is 0. The van der Waals surface area contributed by atoms with Crippen LogP contribution in [0.25, 0.3) is 0 Å². The van der Waals surface area contributed by atoms with E-state index in [9.17, 15) is 8.42 Å². The molecule has 1 heterocycles. The summed E-state index contributed by atoms with van der Waals surface area (Å²) < 4.78 is 31.1. The molecule has 0 bridgehead atoms. The van der Waals surface area contributed by atoms with E-state index in [0.29, 0.717) is 17.8 Å². The first-order chi connectivity index (χ1) is 19.2. The molecule has 0 spiro atoms. The molecular formula is C32H49N5O2S. The number of sulfonamides is 1. The minimum atomic E-state index is -3.95. The van der Waals surface area contributed by atoms with Gasteiger partial charge < -0.3 is 0 Å². The first-order valence-electron chi connectivity index (χ1n) is 15.2. The topological polar surface area (TPSA) is 89.8 Å². The van der Waals surface area contributed by atoms with E-state index in [0.717, 1.165) is 24.0 Å². The van der Waals surface area contributed by atoms with Crippen molar-refractivity contribution in [2.75, 3.05) is 4.72 Å². The number of rotatable bonds is 18. The number of tetrazole rings is 1. The first kappa shape index (κ1) is 31.8. The number of nitrogens with one attached hydrogen (secondary N) is 1. The third-order valence-electron chi connectivity index (χ3n) is 7.44. The van der Waals surface area contributed by atoms with Crippen LogP contribution in [0, 0.1) is 0 Å². The Bertz CT molecular complexity index is 1230. The van der Waals surface area contributed by atoms with E-state index in [2.05, 4.69) is 54.8 Å². The summed E-state index contributed by atoms with van der Waals surface area (Å²) in [5, 5.41) is 12.0. The van der Waals surface area contributed by atoms with Crippen molar-refractivity contribution in [1.29, 1.82) is 0 Å². The Morgan fingerprint density at radius 3 is 1.85 bits per heavy atom. The summed E-state index contributed by atoms with van der Waals surface area (Å²) in [4.78, 5) is 1.55. The molecule has 3 rings (SSSR count). The molecule has 220 valence electrons. The Kier molecular flexibility index (Phi) is 12.6. The highest BCUT2D eigenvalue weighted by molar-refractivity contribution is 7.93. The molecule has 1 unspecified atom stereocenters. The van der Waals surface area contributed by atoms with Crippen molar-refractivity contribution >= 4 is 15.7 Å². The molecule has 0 saturated heterocycles. The summed E-state index contributed by atoms with van der Waals surface area (Å²) in [6.45, 7) is 11.2. The van der Waals surface area contributed by atoms with E-state index in [1.807, 2.05) is 48.5 Å². The number of aromatic nitrogens is 4. The molecule has 40 heavy (non-hydrogen) atoms. The molecule has 2 aromatic carbocycles. The van der Waals surface area contributed by atoms with Gasteiger partial charge in [0.05, 0.1) is 12.2 Å². The summed E-state index contributed by atoms with van der Waals surface area (Å²) in [5.41, 5.74) is 3.21. The Morgan fingerprint density at radius 2 is 1.30 bits per heavy atom. The largest absolute Gasteiger partial charge is 0.282 e. The third kappa shape index (κ3) is 9.15. The molecule has 0 aliphatic carbocycles. The van der Waals surface area contributed by atoms with Gasteiger partial charge in [0.25, 0.3) is 0 Å². The second-order valence-electron chi connectivity index (χ2n) is 11.5. The molecule has 0 radical (unpaired) electrons. The minimum absolute atomic E-state index is 0.159. The van der Waals surface area contributed by atoms with Gasteiger partial charge in [-0.25, -0.2) is 8.42 Å². The van der Waals surface area contributed by atoms with Crippen molar-refractivity contribution in [2.45, 2.75) is 122 Å². The standard InChI is InChI=1S/C32H49N5O2S/c1-6-7-8-9-10-11-12-13-14-18-24-37-34-32(33-36-37)31(27-20-16-15-17-21-27)40(38,39)35-30-28(25(2)3)22-19-23-29(30)26(4)5/h15-17,19-23,25-26,31,35H,6-14,18,24H2,1-5H3. The molecule has 0 saturated carbocycles. The van der Waals surface area contributed by atoms with Gasteiger partial charge in [-0.05, 0) is 40.2 Å². The van der Waals surface area contributed by atoms with Crippen molar-refractivity contribution in [3.8, 4) is 0 Å². The molecule has 0 amide bonds. The highest BCUT2D eigenvalue weighted by atomic mass is 32.2. The van der Waals surface area contributed by atoms with Gasteiger partial charge in [0.15, 0.2) is 11.1 Å². The van der Waals surface area contributed by atoms with Gasteiger partial charge in [-0.15, -0.1) is 10.2 Å². The Morgan fingerprint density at radius 1 is 0.750 bits per heavy atom. The van der Waals surface area contributed by atoms with Crippen LogP contribution >= 0.6 is 0 Å². The number of unbranched alkanes of at least 4 members (excludes halogenated alkanes) is 9. The van der Waals surface area contributed by atoms with Crippen LogP contribution in [0.15, 0.2) is 48.5 Å². The molecule has 1 aromatic heterocycles. The lowest BCUT2D eigenvalue weighted by atomic mass is 9.93. The zero-order valence-corrected chi connectivity index (χ0v) is 26.0. The zero-order valence-electron chi connectivity index (χ0n) is 25.1. The lowest BCUT2D eigenvalue weighted by Gasteiger charge is -2.23. The molecule has 0 aliphatic rings. The van der Waals surface area contributed by atoms with Crippen LogP contribution in [0.3, 0.4) is 0 Å². The van der Waals surface area contributed by atoms with Gasteiger partial charge in [0, 0.05) is 0 Å². The van der Waals surface area contributed by atoms with Crippen LogP contribution in [0.4, 0.5) is 5.69 Å². The monoisotopic (exact) mass is 567 g/mol. The van der Waals surface area contributed by atoms with E-state index in [1.54, 1.807) is 4.80 Å². The molecule has 0 aliphatic heterocycles. The van der Waals surface area contributed by atoms with E-state index in [-0.39, 0.29) is 17.7 Å². The normalized spacial score (nSPS) is 12.8. The number of para-hydroxylation sites is 1. The molecule has 0 fully saturated rings. The van der Waals surface area contributed by atoms with Crippen molar-refractivity contribution in [3.05, 3.63) is 71.0 Å². The van der Waals surface area contributed by atoms with Gasteiger partial charge in [0.1, 0.15) is 0 Å². The van der Waals surface area contributed by atoms with Crippen molar-refractivity contribution in [2.24, 2.45) is 0 Å². The van der Waals surface area contributed by atoms with Crippen LogP contribution < -0.4 is 4.72 Å². The highest BCUT2D eigenvalue weighted by Gasteiger charge is 2.34. The molecule has 1 atom stereocenters. The van der Waals surface area contributed by atoms with Gasteiger partial charge in [-0.3, -0.25) is 4.72 Å². The molecule has 3 aromatic rings. The van der Waals surface area contributed by atoms with Crippen molar-refractivity contribution in [3.63, 3.8) is 0 Å². The van der Waals surface area contributed by atoms with Crippen LogP contribution in [-0.2, 0) is 16.6 Å². The van der Waals surface area contributed by atoms with Gasteiger partial charge in [0.2, 0.25) is 10.0 Å². The molecule has 1 N–H and O–H groups in total. The average Bonchev–Trinajstić information content (AvgIpc) is 3.37. The number of aryl methyl sites for hydroxylation is 1. The maximum Gasteiger partial charge on any atom is 0.247 e. The van der Waals surface area contributed by atoms with Gasteiger partial charge in [-0.2, -0.15) is 4.80 Å². The predicted molar refractivity (Wildman–Crippen MR) is 165 cm³/mol. The molecular weight excluding hydrogens is 518 g/mol. The third-order valence-corrected chi connectivity index (χ3v) is 9.04.